The molecule has 0 aromatic heterocycles. The zero-order chi connectivity index (χ0) is 23.0. The molecule has 31 heavy (non-hydrogen) atoms. The first-order chi connectivity index (χ1) is 14.3. The van der Waals surface area contributed by atoms with Crippen molar-refractivity contribution in [2.45, 2.75) is 70.7 Å². The van der Waals surface area contributed by atoms with Gasteiger partial charge in [-0.2, -0.15) is 0 Å². The van der Waals surface area contributed by atoms with E-state index in [9.17, 15) is 34.5 Å². The first-order valence-corrected chi connectivity index (χ1v) is 10.9. The molecule has 3 N–H and O–H groups in total. The SMILES string of the molecule is CC(=O)OC1(O)CC(=O)C=C2CC[C@@H]3[C@H](C(=O)C[C@@]4(C)[C@H]3CC[C@]4(O)C(=O)CO)[C@]21C. The summed E-state index contributed by atoms with van der Waals surface area (Å²) < 4.78 is 5.32. The quantitative estimate of drug-likeness (QED) is 0.439. The summed E-state index contributed by atoms with van der Waals surface area (Å²) >= 11 is 0. The van der Waals surface area contributed by atoms with Gasteiger partial charge in [0.2, 0.25) is 5.79 Å². The Hall–Kier alpha value is -1.90. The van der Waals surface area contributed by atoms with Crippen LogP contribution in [0, 0.1) is 28.6 Å². The topological polar surface area (TPSA) is 138 Å². The fraction of sp³-hybridized carbons (Fsp3) is 0.739. The van der Waals surface area contributed by atoms with E-state index in [1.54, 1.807) is 13.8 Å². The standard InChI is InChI=1S/C23H30O8/c1-12(25)31-23(30)9-14(26)8-13-4-5-15-16-6-7-22(29,18(28)11-24)20(16,2)10-17(27)19(15)21(13,23)3/h8,15-16,19,24,29-30H,4-7,9-11H2,1-3H3/t15-,16-,19+,20-,21-,22-,23?/m0/s1. The van der Waals surface area contributed by atoms with Gasteiger partial charge in [0.25, 0.3) is 0 Å². The van der Waals surface area contributed by atoms with Gasteiger partial charge in [-0.15, -0.1) is 0 Å². The van der Waals surface area contributed by atoms with Crippen LogP contribution < -0.4 is 0 Å². The van der Waals surface area contributed by atoms with Crippen LogP contribution in [0.25, 0.3) is 0 Å². The van der Waals surface area contributed by atoms with Crippen molar-refractivity contribution < 1.29 is 39.2 Å². The minimum Gasteiger partial charge on any atom is -0.432 e. The van der Waals surface area contributed by atoms with E-state index in [1.165, 1.54) is 6.08 Å². The highest BCUT2D eigenvalue weighted by atomic mass is 16.7. The molecule has 3 saturated carbocycles. The van der Waals surface area contributed by atoms with Crippen molar-refractivity contribution >= 4 is 23.3 Å². The van der Waals surface area contributed by atoms with Crippen molar-refractivity contribution in [1.29, 1.82) is 0 Å². The summed E-state index contributed by atoms with van der Waals surface area (Å²) in [5.41, 5.74) is -3.47. The maximum atomic E-state index is 13.6. The molecule has 0 aromatic rings. The summed E-state index contributed by atoms with van der Waals surface area (Å²) in [5.74, 6) is -5.30. The Morgan fingerprint density at radius 3 is 2.45 bits per heavy atom. The van der Waals surface area contributed by atoms with Gasteiger partial charge in [-0.1, -0.05) is 12.5 Å². The fourth-order valence-electron chi connectivity index (χ4n) is 7.43. The van der Waals surface area contributed by atoms with Gasteiger partial charge >= 0.3 is 5.97 Å². The van der Waals surface area contributed by atoms with Gasteiger partial charge in [0.05, 0.1) is 11.8 Å². The fourth-order valence-corrected chi connectivity index (χ4v) is 7.43. The molecule has 3 fully saturated rings. The molecule has 8 heteroatoms. The molecule has 0 radical (unpaired) electrons. The van der Waals surface area contributed by atoms with Gasteiger partial charge < -0.3 is 20.1 Å². The van der Waals surface area contributed by atoms with Crippen LogP contribution in [0.2, 0.25) is 0 Å². The maximum absolute atomic E-state index is 13.6. The summed E-state index contributed by atoms with van der Waals surface area (Å²) in [6.45, 7) is 3.79. The van der Waals surface area contributed by atoms with E-state index < -0.39 is 52.9 Å². The number of aliphatic hydroxyl groups excluding tert-OH is 1. The molecule has 4 rings (SSSR count). The number of fused-ring (bicyclic) bond motifs is 5. The third-order valence-electron chi connectivity index (χ3n) is 8.93. The Bertz CT molecular complexity index is 907. The van der Waals surface area contributed by atoms with Gasteiger partial charge in [0.15, 0.2) is 11.6 Å². The van der Waals surface area contributed by atoms with Crippen LogP contribution in [-0.4, -0.2) is 56.6 Å². The highest BCUT2D eigenvalue weighted by Crippen LogP contribution is 2.68. The molecule has 7 atom stereocenters. The lowest BCUT2D eigenvalue weighted by Gasteiger charge is -2.60. The van der Waals surface area contributed by atoms with E-state index in [2.05, 4.69) is 0 Å². The zero-order valence-electron chi connectivity index (χ0n) is 18.1. The molecule has 8 nitrogen and oxygen atoms in total. The molecule has 0 heterocycles. The second-order valence-electron chi connectivity index (χ2n) is 10.2. The number of ether oxygens (including phenoxy) is 1. The van der Waals surface area contributed by atoms with E-state index in [4.69, 9.17) is 4.74 Å². The van der Waals surface area contributed by atoms with Gasteiger partial charge in [-0.3, -0.25) is 19.2 Å². The predicted molar refractivity (Wildman–Crippen MR) is 106 cm³/mol. The van der Waals surface area contributed by atoms with Gasteiger partial charge in [-0.25, -0.2) is 0 Å². The average molecular weight is 434 g/mol. The largest absolute Gasteiger partial charge is 0.432 e. The van der Waals surface area contributed by atoms with Gasteiger partial charge in [0, 0.05) is 24.7 Å². The Kier molecular flexibility index (Phi) is 4.89. The van der Waals surface area contributed by atoms with E-state index in [0.29, 0.717) is 24.8 Å². The van der Waals surface area contributed by atoms with Crippen LogP contribution in [0.5, 0.6) is 0 Å². The van der Waals surface area contributed by atoms with E-state index in [-0.39, 0.29) is 36.2 Å². The molecule has 170 valence electrons. The number of hydrogen-bond acceptors (Lipinski definition) is 8. The summed E-state index contributed by atoms with van der Waals surface area (Å²) in [4.78, 5) is 50.2. The van der Waals surface area contributed by atoms with Crippen LogP contribution in [0.3, 0.4) is 0 Å². The van der Waals surface area contributed by atoms with Crippen LogP contribution in [0.15, 0.2) is 11.6 Å². The molecular formula is C23H30O8. The van der Waals surface area contributed by atoms with E-state index in [1.807, 2.05) is 0 Å². The predicted octanol–water partition coefficient (Wildman–Crippen LogP) is 0.851. The van der Waals surface area contributed by atoms with Crippen LogP contribution in [-0.2, 0) is 23.9 Å². The van der Waals surface area contributed by atoms with Gasteiger partial charge in [0.1, 0.15) is 18.0 Å². The minimum absolute atomic E-state index is 0.0892. The monoisotopic (exact) mass is 434 g/mol. The summed E-state index contributed by atoms with van der Waals surface area (Å²) in [6.07, 6.45) is 2.63. The zero-order valence-corrected chi connectivity index (χ0v) is 18.1. The lowest BCUT2D eigenvalue weighted by Crippen LogP contribution is -2.66. The lowest BCUT2D eigenvalue weighted by molar-refractivity contribution is -0.272. The molecule has 0 amide bonds. The second kappa shape index (κ2) is 6.80. The summed E-state index contributed by atoms with van der Waals surface area (Å²) in [5, 5.41) is 32.1. The van der Waals surface area contributed by atoms with Crippen LogP contribution in [0.4, 0.5) is 0 Å². The number of hydrogen-bond donors (Lipinski definition) is 3. The van der Waals surface area contributed by atoms with Crippen molar-refractivity contribution in [2.75, 3.05) is 6.61 Å². The summed E-state index contributed by atoms with van der Waals surface area (Å²) in [6, 6.07) is 0. The average Bonchev–Trinajstić information content (AvgIpc) is 2.93. The number of ketones is 3. The Morgan fingerprint density at radius 2 is 1.84 bits per heavy atom. The smallest absolute Gasteiger partial charge is 0.305 e. The summed E-state index contributed by atoms with van der Waals surface area (Å²) in [7, 11) is 0. The lowest BCUT2D eigenvalue weighted by atomic mass is 9.44. The molecule has 0 aromatic carbocycles. The molecule has 0 aliphatic heterocycles. The number of Topliss-reactive ketones (excluding diaryl/α,β-unsaturated/α-hetero) is 2. The van der Waals surface area contributed by atoms with E-state index in [0.717, 1.165) is 6.92 Å². The number of carbonyl (C=O) groups is 4. The Morgan fingerprint density at radius 1 is 1.16 bits per heavy atom. The Balaban J connectivity index is 1.82. The third-order valence-corrected chi connectivity index (χ3v) is 8.93. The van der Waals surface area contributed by atoms with Crippen LogP contribution >= 0.6 is 0 Å². The number of esters is 1. The third kappa shape index (κ3) is 2.71. The van der Waals surface area contributed by atoms with Crippen molar-refractivity contribution in [3.8, 4) is 0 Å². The molecule has 4 aliphatic rings. The van der Waals surface area contributed by atoms with Crippen molar-refractivity contribution in [2.24, 2.45) is 28.6 Å². The van der Waals surface area contributed by atoms with Crippen molar-refractivity contribution in [1.82, 2.24) is 0 Å². The second-order valence-corrected chi connectivity index (χ2v) is 10.2. The normalized spacial score (nSPS) is 46.5. The molecule has 0 spiro atoms. The highest BCUT2D eigenvalue weighted by molar-refractivity contribution is 5.95. The van der Waals surface area contributed by atoms with Gasteiger partial charge in [-0.05, 0) is 50.5 Å². The number of aliphatic hydroxyl groups is 3. The number of rotatable bonds is 3. The minimum atomic E-state index is -2.14. The number of carbonyl (C=O) groups excluding carboxylic acids is 4. The molecule has 0 bridgehead atoms. The molecule has 4 aliphatic carbocycles. The first kappa shape index (κ1) is 22.3. The Labute approximate surface area is 180 Å². The van der Waals surface area contributed by atoms with Crippen molar-refractivity contribution in [3.63, 3.8) is 0 Å². The highest BCUT2D eigenvalue weighted by Gasteiger charge is 2.72. The maximum Gasteiger partial charge on any atom is 0.305 e. The first-order valence-electron chi connectivity index (χ1n) is 10.9. The van der Waals surface area contributed by atoms with Crippen LogP contribution in [0.1, 0.15) is 59.3 Å². The van der Waals surface area contributed by atoms with Crippen molar-refractivity contribution in [3.05, 3.63) is 11.6 Å². The molecular weight excluding hydrogens is 404 g/mol. The molecule has 0 saturated heterocycles. The van der Waals surface area contributed by atoms with E-state index >= 15 is 0 Å². The molecule has 1 unspecified atom stereocenters.